The molecule has 0 unspecified atom stereocenters. The minimum atomic E-state index is -0.203. The number of amides is 2. The van der Waals surface area contributed by atoms with Crippen molar-refractivity contribution in [3.8, 4) is 5.75 Å². The molecule has 0 spiro atoms. The third-order valence-electron chi connectivity index (χ3n) is 3.38. The molecule has 2 rings (SSSR count). The predicted octanol–water partition coefficient (Wildman–Crippen LogP) is 2.44. The maximum atomic E-state index is 11.9. The van der Waals surface area contributed by atoms with Crippen molar-refractivity contribution in [1.29, 1.82) is 0 Å². The quantitative estimate of drug-likeness (QED) is 0.757. The number of benzene rings is 2. The van der Waals surface area contributed by atoms with Crippen molar-refractivity contribution in [3.05, 3.63) is 64.7 Å². The minimum Gasteiger partial charge on any atom is -0.496 e. The summed E-state index contributed by atoms with van der Waals surface area (Å²) in [5.74, 6) is 0.356. The molecule has 5 nitrogen and oxygen atoms in total. The fraction of sp³-hybridized carbons (Fsp3) is 0.222. The van der Waals surface area contributed by atoms with Crippen molar-refractivity contribution in [2.45, 2.75) is 6.42 Å². The van der Waals surface area contributed by atoms with Gasteiger partial charge in [0.15, 0.2) is 0 Å². The zero-order valence-corrected chi connectivity index (χ0v) is 14.1. The molecule has 0 bridgehead atoms. The molecule has 24 heavy (non-hydrogen) atoms. The molecule has 0 aromatic heterocycles. The average molecular weight is 347 g/mol. The highest BCUT2D eigenvalue weighted by atomic mass is 35.5. The summed E-state index contributed by atoms with van der Waals surface area (Å²) in [6, 6.07) is 14.0. The van der Waals surface area contributed by atoms with E-state index in [1.54, 1.807) is 31.4 Å². The van der Waals surface area contributed by atoms with E-state index in [-0.39, 0.29) is 18.2 Å². The third kappa shape index (κ3) is 5.28. The molecule has 0 saturated carbocycles. The van der Waals surface area contributed by atoms with Gasteiger partial charge in [0.25, 0.3) is 5.91 Å². The number of methoxy groups -OCH3 is 1. The van der Waals surface area contributed by atoms with E-state index in [1.165, 1.54) is 0 Å². The summed E-state index contributed by atoms with van der Waals surface area (Å²) >= 11 is 5.78. The van der Waals surface area contributed by atoms with Gasteiger partial charge in [-0.15, -0.1) is 0 Å². The molecule has 2 aromatic rings. The van der Waals surface area contributed by atoms with E-state index < -0.39 is 0 Å². The molecule has 6 heteroatoms. The van der Waals surface area contributed by atoms with Gasteiger partial charge in [-0.25, -0.2) is 0 Å². The van der Waals surface area contributed by atoms with E-state index in [0.29, 0.717) is 29.4 Å². The first-order valence-corrected chi connectivity index (χ1v) is 7.90. The van der Waals surface area contributed by atoms with Crippen LogP contribution in [-0.2, 0) is 11.2 Å². The first-order valence-electron chi connectivity index (χ1n) is 7.52. The van der Waals surface area contributed by atoms with Crippen LogP contribution in [0, 0.1) is 0 Å². The van der Waals surface area contributed by atoms with E-state index in [1.807, 2.05) is 24.3 Å². The van der Waals surface area contributed by atoms with E-state index in [0.717, 1.165) is 5.56 Å². The van der Waals surface area contributed by atoms with Crippen LogP contribution in [0.1, 0.15) is 15.9 Å². The second-order valence-electron chi connectivity index (χ2n) is 5.10. The van der Waals surface area contributed by atoms with Gasteiger partial charge in [-0.2, -0.15) is 0 Å². The van der Waals surface area contributed by atoms with Gasteiger partial charge in [0.2, 0.25) is 5.91 Å². The number of rotatable bonds is 7. The van der Waals surface area contributed by atoms with Crippen LogP contribution in [0.5, 0.6) is 5.75 Å². The Morgan fingerprint density at radius 1 is 1.00 bits per heavy atom. The maximum Gasteiger partial charge on any atom is 0.251 e. The molecule has 2 N–H and O–H groups in total. The van der Waals surface area contributed by atoms with Crippen LogP contribution in [0.25, 0.3) is 0 Å². The van der Waals surface area contributed by atoms with Crippen LogP contribution in [0.2, 0.25) is 5.02 Å². The SMILES string of the molecule is COc1ccccc1CC(=O)NCCNC(=O)c1ccc(Cl)cc1. The molecule has 0 aliphatic carbocycles. The Morgan fingerprint density at radius 2 is 1.67 bits per heavy atom. The fourth-order valence-electron chi connectivity index (χ4n) is 2.17. The lowest BCUT2D eigenvalue weighted by Gasteiger charge is -2.09. The summed E-state index contributed by atoms with van der Waals surface area (Å²) in [4.78, 5) is 23.8. The molecular weight excluding hydrogens is 328 g/mol. The summed E-state index contributed by atoms with van der Waals surface area (Å²) in [5.41, 5.74) is 1.35. The van der Waals surface area contributed by atoms with Crippen LogP contribution in [0.4, 0.5) is 0 Å². The Kier molecular flexibility index (Phi) is 6.63. The van der Waals surface area contributed by atoms with E-state index in [9.17, 15) is 9.59 Å². The number of hydrogen-bond acceptors (Lipinski definition) is 3. The van der Waals surface area contributed by atoms with Gasteiger partial charge in [-0.05, 0) is 30.3 Å². The van der Waals surface area contributed by atoms with Crippen molar-refractivity contribution in [2.75, 3.05) is 20.2 Å². The number of hydrogen-bond donors (Lipinski definition) is 2. The fourth-order valence-corrected chi connectivity index (χ4v) is 2.29. The molecule has 126 valence electrons. The Balaban J connectivity index is 1.73. The molecule has 0 aliphatic rings. The molecule has 0 atom stereocenters. The maximum absolute atomic E-state index is 11.9. The van der Waals surface area contributed by atoms with Crippen molar-refractivity contribution in [3.63, 3.8) is 0 Å². The van der Waals surface area contributed by atoms with Gasteiger partial charge in [-0.1, -0.05) is 29.8 Å². The van der Waals surface area contributed by atoms with Crippen LogP contribution in [0.15, 0.2) is 48.5 Å². The van der Waals surface area contributed by atoms with Crippen LogP contribution >= 0.6 is 11.6 Å². The largest absolute Gasteiger partial charge is 0.496 e. The number of carbonyl (C=O) groups is 2. The van der Waals surface area contributed by atoms with Crippen molar-refractivity contribution >= 4 is 23.4 Å². The first kappa shape index (κ1) is 17.8. The second kappa shape index (κ2) is 8.93. The lowest BCUT2D eigenvalue weighted by Crippen LogP contribution is -2.35. The normalized spacial score (nSPS) is 10.1. The van der Waals surface area contributed by atoms with Gasteiger partial charge in [-0.3, -0.25) is 9.59 Å². The summed E-state index contributed by atoms with van der Waals surface area (Å²) < 4.78 is 5.21. The van der Waals surface area contributed by atoms with E-state index in [2.05, 4.69) is 10.6 Å². The molecule has 0 radical (unpaired) electrons. The van der Waals surface area contributed by atoms with Gasteiger partial charge in [0.05, 0.1) is 13.5 Å². The average Bonchev–Trinajstić information content (AvgIpc) is 2.59. The van der Waals surface area contributed by atoms with Gasteiger partial charge in [0.1, 0.15) is 5.75 Å². The standard InChI is InChI=1S/C18H19ClN2O3/c1-24-16-5-3-2-4-14(16)12-17(22)20-10-11-21-18(23)13-6-8-15(19)9-7-13/h2-9H,10-12H2,1H3,(H,20,22)(H,21,23). The molecule has 0 saturated heterocycles. The first-order chi connectivity index (χ1) is 11.6. The predicted molar refractivity (Wildman–Crippen MR) is 93.5 cm³/mol. The Bertz CT molecular complexity index is 702. The van der Waals surface area contributed by atoms with Crippen LogP contribution in [0.3, 0.4) is 0 Å². The van der Waals surface area contributed by atoms with Gasteiger partial charge in [0, 0.05) is 29.2 Å². The Morgan fingerprint density at radius 3 is 2.38 bits per heavy atom. The zero-order valence-electron chi connectivity index (χ0n) is 13.3. The lowest BCUT2D eigenvalue weighted by atomic mass is 10.1. The number of para-hydroxylation sites is 1. The third-order valence-corrected chi connectivity index (χ3v) is 3.63. The monoisotopic (exact) mass is 346 g/mol. The second-order valence-corrected chi connectivity index (χ2v) is 5.54. The van der Waals surface area contributed by atoms with Crippen molar-refractivity contribution < 1.29 is 14.3 Å². The summed E-state index contributed by atoms with van der Waals surface area (Å²) in [5, 5.41) is 6.09. The molecular formula is C18H19ClN2O3. The van der Waals surface area contributed by atoms with Crippen LogP contribution < -0.4 is 15.4 Å². The molecule has 0 heterocycles. The summed E-state index contributed by atoms with van der Waals surface area (Å²) in [7, 11) is 1.57. The minimum absolute atomic E-state index is 0.125. The van der Waals surface area contributed by atoms with Crippen LogP contribution in [-0.4, -0.2) is 32.0 Å². The number of carbonyl (C=O) groups excluding carboxylic acids is 2. The van der Waals surface area contributed by atoms with Crippen molar-refractivity contribution in [1.82, 2.24) is 10.6 Å². The summed E-state index contributed by atoms with van der Waals surface area (Å²) in [6.45, 7) is 0.701. The Hall–Kier alpha value is -2.53. The van der Waals surface area contributed by atoms with E-state index in [4.69, 9.17) is 16.3 Å². The molecule has 0 aliphatic heterocycles. The van der Waals surface area contributed by atoms with Crippen molar-refractivity contribution in [2.24, 2.45) is 0 Å². The molecule has 0 fully saturated rings. The van der Waals surface area contributed by atoms with Gasteiger partial charge < -0.3 is 15.4 Å². The number of halogens is 1. The topological polar surface area (TPSA) is 67.4 Å². The Labute approximate surface area is 146 Å². The number of ether oxygens (including phenoxy) is 1. The lowest BCUT2D eigenvalue weighted by molar-refractivity contribution is -0.120. The highest BCUT2D eigenvalue weighted by Gasteiger charge is 2.08. The highest BCUT2D eigenvalue weighted by Crippen LogP contribution is 2.17. The molecule has 2 amide bonds. The highest BCUT2D eigenvalue weighted by molar-refractivity contribution is 6.30. The number of nitrogens with one attached hydrogen (secondary N) is 2. The van der Waals surface area contributed by atoms with E-state index >= 15 is 0 Å². The smallest absolute Gasteiger partial charge is 0.251 e. The van der Waals surface area contributed by atoms with Gasteiger partial charge >= 0.3 is 0 Å². The zero-order chi connectivity index (χ0) is 17.4. The summed E-state index contributed by atoms with van der Waals surface area (Å²) in [6.07, 6.45) is 0.231. The molecule has 2 aromatic carbocycles.